The molecule has 2 rings (SSSR count). The summed E-state index contributed by atoms with van der Waals surface area (Å²) in [6.07, 6.45) is 4.72. The SMILES string of the molecule is CCNC(C)c1ccc(N(CC(C)C)C2CC2)cn1. The van der Waals surface area contributed by atoms with E-state index in [9.17, 15) is 0 Å². The van der Waals surface area contributed by atoms with Crippen LogP contribution in [0.3, 0.4) is 0 Å². The van der Waals surface area contributed by atoms with Gasteiger partial charge in [0.25, 0.3) is 0 Å². The third-order valence-corrected chi connectivity index (χ3v) is 3.61. The van der Waals surface area contributed by atoms with Crippen LogP contribution in [0.1, 0.15) is 52.3 Å². The molecule has 0 saturated heterocycles. The quantitative estimate of drug-likeness (QED) is 0.815. The van der Waals surface area contributed by atoms with Gasteiger partial charge in [0.05, 0.1) is 17.6 Å². The molecule has 0 spiro atoms. The maximum atomic E-state index is 4.63. The Morgan fingerprint density at radius 3 is 2.53 bits per heavy atom. The first-order valence-corrected chi connectivity index (χ1v) is 7.57. The van der Waals surface area contributed by atoms with Gasteiger partial charge in [-0.15, -0.1) is 0 Å². The fraction of sp³-hybridized carbons (Fsp3) is 0.688. The van der Waals surface area contributed by atoms with Crippen molar-refractivity contribution in [1.29, 1.82) is 0 Å². The Morgan fingerprint density at radius 1 is 1.32 bits per heavy atom. The van der Waals surface area contributed by atoms with E-state index in [0.29, 0.717) is 12.0 Å². The molecular formula is C16H27N3. The van der Waals surface area contributed by atoms with Crippen LogP contribution in [0.4, 0.5) is 5.69 Å². The molecular weight excluding hydrogens is 234 g/mol. The molecule has 3 nitrogen and oxygen atoms in total. The van der Waals surface area contributed by atoms with Crippen molar-refractivity contribution in [3.8, 4) is 0 Å². The van der Waals surface area contributed by atoms with Gasteiger partial charge in [-0.2, -0.15) is 0 Å². The summed E-state index contributed by atoms with van der Waals surface area (Å²) in [5.74, 6) is 0.695. The number of rotatable bonds is 7. The van der Waals surface area contributed by atoms with E-state index in [0.717, 1.165) is 24.8 Å². The van der Waals surface area contributed by atoms with Gasteiger partial charge >= 0.3 is 0 Å². The van der Waals surface area contributed by atoms with Crippen LogP contribution >= 0.6 is 0 Å². The summed E-state index contributed by atoms with van der Waals surface area (Å²) < 4.78 is 0. The summed E-state index contributed by atoms with van der Waals surface area (Å²) >= 11 is 0. The molecule has 1 aromatic rings. The van der Waals surface area contributed by atoms with E-state index in [2.05, 4.69) is 55.0 Å². The molecule has 3 heteroatoms. The van der Waals surface area contributed by atoms with Crippen molar-refractivity contribution >= 4 is 5.69 Å². The fourth-order valence-corrected chi connectivity index (χ4v) is 2.48. The minimum atomic E-state index is 0.332. The number of nitrogens with one attached hydrogen (secondary N) is 1. The molecule has 0 aromatic carbocycles. The first-order valence-electron chi connectivity index (χ1n) is 7.57. The Hall–Kier alpha value is -1.09. The van der Waals surface area contributed by atoms with Crippen LogP contribution in [0, 0.1) is 5.92 Å². The van der Waals surface area contributed by atoms with Crippen LogP contribution < -0.4 is 10.2 Å². The van der Waals surface area contributed by atoms with E-state index in [1.807, 2.05) is 6.20 Å². The summed E-state index contributed by atoms with van der Waals surface area (Å²) in [7, 11) is 0. The van der Waals surface area contributed by atoms with Crippen LogP contribution in [0.5, 0.6) is 0 Å². The van der Waals surface area contributed by atoms with Crippen molar-refractivity contribution < 1.29 is 0 Å². The van der Waals surface area contributed by atoms with Crippen molar-refractivity contribution in [2.45, 2.75) is 52.6 Å². The van der Waals surface area contributed by atoms with Crippen molar-refractivity contribution in [3.63, 3.8) is 0 Å². The molecule has 1 aliphatic rings. The van der Waals surface area contributed by atoms with Crippen LogP contribution in [-0.4, -0.2) is 24.1 Å². The van der Waals surface area contributed by atoms with Gasteiger partial charge in [0.15, 0.2) is 0 Å². The molecule has 1 unspecified atom stereocenters. The number of anilines is 1. The van der Waals surface area contributed by atoms with Crippen LogP contribution in [0.25, 0.3) is 0 Å². The fourth-order valence-electron chi connectivity index (χ4n) is 2.48. The number of hydrogen-bond acceptors (Lipinski definition) is 3. The van der Waals surface area contributed by atoms with Gasteiger partial charge in [-0.1, -0.05) is 20.8 Å². The number of pyridine rings is 1. The largest absolute Gasteiger partial charge is 0.367 e. The molecule has 1 aromatic heterocycles. The van der Waals surface area contributed by atoms with Crippen LogP contribution in [-0.2, 0) is 0 Å². The zero-order valence-corrected chi connectivity index (χ0v) is 12.7. The van der Waals surface area contributed by atoms with E-state index >= 15 is 0 Å². The summed E-state index contributed by atoms with van der Waals surface area (Å²) in [4.78, 5) is 7.16. The lowest BCUT2D eigenvalue weighted by Crippen LogP contribution is -2.30. The predicted molar refractivity (Wildman–Crippen MR) is 81.5 cm³/mol. The standard InChI is InChI=1S/C16H27N3/c1-5-17-13(4)16-9-8-15(10-18-16)19(11-12(2)3)14-6-7-14/h8-10,12-14,17H,5-7,11H2,1-4H3. The minimum Gasteiger partial charge on any atom is -0.367 e. The van der Waals surface area contributed by atoms with E-state index in [1.165, 1.54) is 18.5 Å². The highest BCUT2D eigenvalue weighted by molar-refractivity contribution is 5.47. The summed E-state index contributed by atoms with van der Waals surface area (Å²) in [6, 6.07) is 5.48. The van der Waals surface area contributed by atoms with E-state index in [-0.39, 0.29) is 0 Å². The summed E-state index contributed by atoms with van der Waals surface area (Å²) in [5, 5.41) is 3.40. The summed E-state index contributed by atoms with van der Waals surface area (Å²) in [6.45, 7) is 11.0. The Balaban J connectivity index is 2.07. The predicted octanol–water partition coefficient (Wildman–Crippen LogP) is 3.38. The lowest BCUT2D eigenvalue weighted by molar-refractivity contribution is 0.581. The molecule has 106 valence electrons. The van der Waals surface area contributed by atoms with Gasteiger partial charge < -0.3 is 10.2 Å². The topological polar surface area (TPSA) is 28.2 Å². The second-order valence-electron chi connectivity index (χ2n) is 6.00. The number of nitrogens with zero attached hydrogens (tertiary/aromatic N) is 2. The van der Waals surface area contributed by atoms with E-state index in [4.69, 9.17) is 0 Å². The molecule has 1 saturated carbocycles. The van der Waals surface area contributed by atoms with Gasteiger partial charge in [-0.3, -0.25) is 4.98 Å². The molecule has 1 fully saturated rings. The maximum Gasteiger partial charge on any atom is 0.0572 e. The molecule has 1 atom stereocenters. The molecule has 0 radical (unpaired) electrons. The average molecular weight is 261 g/mol. The molecule has 0 aliphatic heterocycles. The number of hydrogen-bond donors (Lipinski definition) is 1. The highest BCUT2D eigenvalue weighted by Crippen LogP contribution is 2.32. The summed E-state index contributed by atoms with van der Waals surface area (Å²) in [5.41, 5.74) is 2.41. The van der Waals surface area contributed by atoms with Gasteiger partial charge in [-0.05, 0) is 44.4 Å². The monoisotopic (exact) mass is 261 g/mol. The van der Waals surface area contributed by atoms with E-state index < -0.39 is 0 Å². The van der Waals surface area contributed by atoms with Crippen molar-refractivity contribution in [2.75, 3.05) is 18.0 Å². The second kappa shape index (κ2) is 6.38. The van der Waals surface area contributed by atoms with Crippen molar-refractivity contribution in [1.82, 2.24) is 10.3 Å². The molecule has 1 N–H and O–H groups in total. The Bertz CT molecular complexity index is 381. The first-order chi connectivity index (χ1) is 9.11. The zero-order chi connectivity index (χ0) is 13.8. The Labute approximate surface area is 117 Å². The highest BCUT2D eigenvalue weighted by atomic mass is 15.2. The maximum absolute atomic E-state index is 4.63. The van der Waals surface area contributed by atoms with Gasteiger partial charge in [-0.25, -0.2) is 0 Å². The Kier molecular flexibility index (Phi) is 4.81. The Morgan fingerprint density at radius 2 is 2.05 bits per heavy atom. The van der Waals surface area contributed by atoms with E-state index in [1.54, 1.807) is 0 Å². The third-order valence-electron chi connectivity index (χ3n) is 3.61. The molecule has 0 bridgehead atoms. The van der Waals surface area contributed by atoms with Crippen LogP contribution in [0.15, 0.2) is 18.3 Å². The molecule has 19 heavy (non-hydrogen) atoms. The lowest BCUT2D eigenvalue weighted by Gasteiger charge is -2.26. The molecule has 1 aliphatic carbocycles. The zero-order valence-electron chi connectivity index (χ0n) is 12.7. The average Bonchev–Trinajstić information content (AvgIpc) is 3.20. The van der Waals surface area contributed by atoms with Gasteiger partial charge in [0.2, 0.25) is 0 Å². The lowest BCUT2D eigenvalue weighted by atomic mass is 10.1. The van der Waals surface area contributed by atoms with Crippen LogP contribution in [0.2, 0.25) is 0 Å². The van der Waals surface area contributed by atoms with Gasteiger partial charge in [0, 0.05) is 18.6 Å². The van der Waals surface area contributed by atoms with Gasteiger partial charge in [0.1, 0.15) is 0 Å². The number of aromatic nitrogens is 1. The van der Waals surface area contributed by atoms with Crippen molar-refractivity contribution in [2.24, 2.45) is 5.92 Å². The second-order valence-corrected chi connectivity index (χ2v) is 6.00. The molecule has 0 amide bonds. The smallest absolute Gasteiger partial charge is 0.0572 e. The normalized spacial score (nSPS) is 16.7. The molecule has 1 heterocycles. The highest BCUT2D eigenvalue weighted by Gasteiger charge is 2.29. The first kappa shape index (κ1) is 14.3. The minimum absolute atomic E-state index is 0.332. The third kappa shape index (κ3) is 3.93. The van der Waals surface area contributed by atoms with Crippen molar-refractivity contribution in [3.05, 3.63) is 24.0 Å².